The number of hydrogen-bond acceptors (Lipinski definition) is 2. The van der Waals surface area contributed by atoms with E-state index < -0.39 is 17.8 Å². The minimum absolute atomic E-state index is 0.0330. The second-order valence-corrected chi connectivity index (χ2v) is 4.37. The van der Waals surface area contributed by atoms with E-state index in [1.807, 2.05) is 0 Å². The molecule has 2 rings (SSSR count). The van der Waals surface area contributed by atoms with Crippen molar-refractivity contribution >= 4 is 23.5 Å². The summed E-state index contributed by atoms with van der Waals surface area (Å²) in [6.07, 6.45) is 0. The first-order valence-corrected chi connectivity index (χ1v) is 5.84. The van der Waals surface area contributed by atoms with E-state index in [-0.39, 0.29) is 27.3 Å². The second kappa shape index (κ2) is 5.30. The van der Waals surface area contributed by atoms with Crippen LogP contribution in [0.4, 0.5) is 4.39 Å². The van der Waals surface area contributed by atoms with Gasteiger partial charge in [0, 0.05) is 11.1 Å². The third-order valence-corrected chi connectivity index (χ3v) is 3.05. The Labute approximate surface area is 118 Å². The number of carboxylic acid groups (broad SMARTS) is 2. The van der Waals surface area contributed by atoms with Gasteiger partial charge < -0.3 is 10.2 Å². The average Bonchev–Trinajstić information content (AvgIpc) is 2.38. The van der Waals surface area contributed by atoms with E-state index in [0.29, 0.717) is 0 Å². The van der Waals surface area contributed by atoms with Crippen molar-refractivity contribution in [1.29, 1.82) is 0 Å². The molecule has 0 unspecified atom stereocenters. The number of rotatable bonds is 3. The molecule has 0 amide bonds. The Bertz CT molecular complexity index is 712. The van der Waals surface area contributed by atoms with Crippen LogP contribution in [0.5, 0.6) is 0 Å². The molecule has 6 heteroatoms. The van der Waals surface area contributed by atoms with Crippen LogP contribution in [-0.4, -0.2) is 22.2 Å². The standard InChI is InChI=1S/C14H8ClFO4/c15-10-3-1-2-8(12(10)14(19)20)9-6-7(13(17)18)4-5-11(9)16/h1-6H,(H,17,18)(H,19,20). The van der Waals surface area contributed by atoms with Crippen molar-refractivity contribution in [3.8, 4) is 11.1 Å². The van der Waals surface area contributed by atoms with Gasteiger partial charge in [-0.3, -0.25) is 0 Å². The summed E-state index contributed by atoms with van der Waals surface area (Å²) in [6, 6.07) is 7.37. The minimum Gasteiger partial charge on any atom is -0.478 e. The molecule has 0 aliphatic rings. The number of hydrogen-bond donors (Lipinski definition) is 2. The summed E-state index contributed by atoms with van der Waals surface area (Å²) in [7, 11) is 0. The summed E-state index contributed by atoms with van der Waals surface area (Å²) in [5.41, 5.74) is -0.497. The third-order valence-electron chi connectivity index (χ3n) is 2.73. The van der Waals surface area contributed by atoms with Crippen LogP contribution < -0.4 is 0 Å². The first-order valence-electron chi connectivity index (χ1n) is 5.47. The Morgan fingerprint density at radius 3 is 2.30 bits per heavy atom. The monoisotopic (exact) mass is 294 g/mol. The van der Waals surface area contributed by atoms with Crippen molar-refractivity contribution < 1.29 is 24.2 Å². The molecule has 102 valence electrons. The lowest BCUT2D eigenvalue weighted by Crippen LogP contribution is -2.03. The molecule has 2 aromatic carbocycles. The predicted octanol–water partition coefficient (Wildman–Crippen LogP) is 3.54. The highest BCUT2D eigenvalue weighted by atomic mass is 35.5. The fourth-order valence-electron chi connectivity index (χ4n) is 1.83. The van der Waals surface area contributed by atoms with Gasteiger partial charge >= 0.3 is 11.9 Å². The Morgan fingerprint density at radius 1 is 1.00 bits per heavy atom. The average molecular weight is 295 g/mol. The Balaban J connectivity index is 2.74. The maximum Gasteiger partial charge on any atom is 0.337 e. The molecular formula is C14H8ClFO4. The number of carboxylic acids is 2. The zero-order valence-corrected chi connectivity index (χ0v) is 10.7. The molecule has 0 bridgehead atoms. The first-order chi connectivity index (χ1) is 9.41. The van der Waals surface area contributed by atoms with Crippen LogP contribution in [0, 0.1) is 5.82 Å². The highest BCUT2D eigenvalue weighted by molar-refractivity contribution is 6.34. The summed E-state index contributed by atoms with van der Waals surface area (Å²) < 4.78 is 13.9. The molecule has 2 aromatic rings. The summed E-state index contributed by atoms with van der Waals surface area (Å²) in [5.74, 6) is -3.27. The fourth-order valence-corrected chi connectivity index (χ4v) is 2.09. The van der Waals surface area contributed by atoms with Crippen LogP contribution in [0.3, 0.4) is 0 Å². The molecule has 0 saturated carbocycles. The summed E-state index contributed by atoms with van der Waals surface area (Å²) in [6.45, 7) is 0. The fraction of sp³-hybridized carbons (Fsp3) is 0. The van der Waals surface area contributed by atoms with Crippen molar-refractivity contribution in [2.75, 3.05) is 0 Å². The molecule has 0 saturated heterocycles. The lowest BCUT2D eigenvalue weighted by Gasteiger charge is -2.09. The SMILES string of the molecule is O=C(O)c1ccc(F)c(-c2cccc(Cl)c2C(=O)O)c1. The van der Waals surface area contributed by atoms with Crippen molar-refractivity contribution in [1.82, 2.24) is 0 Å². The van der Waals surface area contributed by atoms with Crippen molar-refractivity contribution in [3.05, 3.63) is 58.4 Å². The molecular weight excluding hydrogens is 287 g/mol. The van der Waals surface area contributed by atoms with Crippen LogP contribution in [0.25, 0.3) is 11.1 Å². The van der Waals surface area contributed by atoms with E-state index in [1.165, 1.54) is 18.2 Å². The smallest absolute Gasteiger partial charge is 0.337 e. The molecule has 0 radical (unpaired) electrons. The third kappa shape index (κ3) is 2.48. The van der Waals surface area contributed by atoms with Gasteiger partial charge in [-0.25, -0.2) is 14.0 Å². The maximum absolute atomic E-state index is 13.9. The lowest BCUT2D eigenvalue weighted by molar-refractivity contribution is 0.0687. The van der Waals surface area contributed by atoms with Gasteiger partial charge in [0.05, 0.1) is 16.1 Å². The molecule has 4 nitrogen and oxygen atoms in total. The van der Waals surface area contributed by atoms with E-state index in [2.05, 4.69) is 0 Å². The van der Waals surface area contributed by atoms with E-state index in [4.69, 9.17) is 21.8 Å². The van der Waals surface area contributed by atoms with E-state index in [1.54, 1.807) is 0 Å². The lowest BCUT2D eigenvalue weighted by atomic mass is 9.97. The zero-order valence-electron chi connectivity index (χ0n) is 9.93. The molecule has 0 spiro atoms. The Hall–Kier alpha value is -2.40. The molecule has 0 heterocycles. The van der Waals surface area contributed by atoms with Gasteiger partial charge in [0.2, 0.25) is 0 Å². The van der Waals surface area contributed by atoms with Gasteiger partial charge in [-0.2, -0.15) is 0 Å². The van der Waals surface area contributed by atoms with E-state index in [0.717, 1.165) is 18.2 Å². The quantitative estimate of drug-likeness (QED) is 0.908. The van der Waals surface area contributed by atoms with Crippen LogP contribution in [-0.2, 0) is 0 Å². The number of aromatic carboxylic acids is 2. The van der Waals surface area contributed by atoms with Gasteiger partial charge in [-0.15, -0.1) is 0 Å². The summed E-state index contributed by atoms with van der Waals surface area (Å²) >= 11 is 5.81. The number of carbonyl (C=O) groups is 2. The van der Waals surface area contributed by atoms with E-state index >= 15 is 0 Å². The molecule has 0 aromatic heterocycles. The topological polar surface area (TPSA) is 74.6 Å². The van der Waals surface area contributed by atoms with Crippen LogP contribution in [0.15, 0.2) is 36.4 Å². The molecule has 0 atom stereocenters. The predicted molar refractivity (Wildman–Crippen MR) is 70.8 cm³/mol. The normalized spacial score (nSPS) is 10.3. The van der Waals surface area contributed by atoms with Crippen LogP contribution in [0.2, 0.25) is 5.02 Å². The van der Waals surface area contributed by atoms with E-state index in [9.17, 15) is 14.0 Å². The molecule has 0 aliphatic carbocycles. The Morgan fingerprint density at radius 2 is 1.70 bits per heavy atom. The van der Waals surface area contributed by atoms with Gasteiger partial charge in [-0.1, -0.05) is 23.7 Å². The molecule has 20 heavy (non-hydrogen) atoms. The van der Waals surface area contributed by atoms with Gasteiger partial charge in [0.25, 0.3) is 0 Å². The first kappa shape index (κ1) is 14.0. The zero-order chi connectivity index (χ0) is 14.9. The van der Waals surface area contributed by atoms with Crippen molar-refractivity contribution in [3.63, 3.8) is 0 Å². The summed E-state index contributed by atoms with van der Waals surface area (Å²) in [4.78, 5) is 22.1. The highest BCUT2D eigenvalue weighted by Gasteiger charge is 2.19. The maximum atomic E-state index is 13.9. The largest absolute Gasteiger partial charge is 0.478 e. The van der Waals surface area contributed by atoms with Gasteiger partial charge in [-0.05, 0) is 24.3 Å². The van der Waals surface area contributed by atoms with Crippen molar-refractivity contribution in [2.24, 2.45) is 0 Å². The summed E-state index contributed by atoms with van der Waals surface area (Å²) in [5, 5.41) is 18.0. The van der Waals surface area contributed by atoms with Crippen molar-refractivity contribution in [2.45, 2.75) is 0 Å². The molecule has 2 N–H and O–H groups in total. The number of halogens is 2. The highest BCUT2D eigenvalue weighted by Crippen LogP contribution is 2.31. The molecule has 0 fully saturated rings. The second-order valence-electron chi connectivity index (χ2n) is 3.97. The molecule has 0 aliphatic heterocycles. The van der Waals surface area contributed by atoms with Crippen LogP contribution in [0.1, 0.15) is 20.7 Å². The van der Waals surface area contributed by atoms with Crippen LogP contribution >= 0.6 is 11.6 Å². The Kier molecular flexibility index (Phi) is 3.72. The number of benzene rings is 2. The minimum atomic E-state index is -1.31. The van der Waals surface area contributed by atoms with Gasteiger partial charge in [0.1, 0.15) is 5.82 Å². The van der Waals surface area contributed by atoms with Gasteiger partial charge in [0.15, 0.2) is 0 Å².